The number of halogens is 1. The molecule has 6 rings (SSSR count). The number of Topliss-reactive ketones (excluding diaryl/α,β-unsaturated/α-hetero) is 1. The number of ketones is 1. The summed E-state index contributed by atoms with van der Waals surface area (Å²) >= 11 is 8.09. The van der Waals surface area contributed by atoms with Gasteiger partial charge in [-0.2, -0.15) is 0 Å². The maximum atomic E-state index is 13.5. The van der Waals surface area contributed by atoms with E-state index in [1.165, 1.54) is 6.33 Å². The number of carbonyl (C=O) groups is 2. The van der Waals surface area contributed by atoms with Crippen LogP contribution in [-0.4, -0.2) is 45.2 Å². The van der Waals surface area contributed by atoms with Gasteiger partial charge >= 0.3 is 0 Å². The fraction of sp³-hybridized carbons (Fsp3) is 0.458. The van der Waals surface area contributed by atoms with Crippen LogP contribution in [0.1, 0.15) is 53.0 Å². The molecule has 3 aromatic heterocycles. The third kappa shape index (κ3) is 3.06. The number of nitrogens with one attached hydrogen (secondary N) is 1. The molecule has 0 bridgehead atoms. The van der Waals surface area contributed by atoms with Gasteiger partial charge in [0.15, 0.2) is 5.78 Å². The first-order chi connectivity index (χ1) is 16.3. The number of nitrogens with zero attached hydrogens (tertiary/aromatic N) is 4. The normalized spacial score (nSPS) is 20.2. The first-order valence-electron chi connectivity index (χ1n) is 11.5. The predicted octanol–water partition coefficient (Wildman–Crippen LogP) is 3.91. The number of thiophene rings is 1. The number of anilines is 2. The van der Waals surface area contributed by atoms with E-state index in [4.69, 9.17) is 11.6 Å². The van der Waals surface area contributed by atoms with E-state index >= 15 is 0 Å². The number of aromatic nitrogens is 3. The fourth-order valence-corrected chi connectivity index (χ4v) is 7.31. The lowest BCUT2D eigenvalue weighted by atomic mass is 9.75. The van der Waals surface area contributed by atoms with Crippen molar-refractivity contribution in [3.63, 3.8) is 0 Å². The molecule has 0 unspecified atom stereocenters. The van der Waals surface area contributed by atoms with Crippen molar-refractivity contribution in [3.05, 3.63) is 43.9 Å². The fourth-order valence-electron chi connectivity index (χ4n) is 5.74. The zero-order valence-electron chi connectivity index (χ0n) is 19.0. The van der Waals surface area contributed by atoms with Crippen LogP contribution in [0.15, 0.2) is 17.2 Å². The molecule has 3 aromatic rings. The number of amides is 1. The average Bonchev–Trinajstić information content (AvgIpc) is 3.32. The smallest absolute Gasteiger partial charge is 0.275 e. The third-order valence-electron chi connectivity index (χ3n) is 7.56. The summed E-state index contributed by atoms with van der Waals surface area (Å²) < 4.78 is 1.63. The van der Waals surface area contributed by atoms with Crippen LogP contribution in [0.4, 0.5) is 11.5 Å². The highest BCUT2D eigenvalue weighted by Gasteiger charge is 2.49. The molecule has 176 valence electrons. The SMILES string of the molecule is CN(C)C(=O)[C@H]1CCc2c(sc3ncnc(Nc4cc(Cl)c5n(c4=O)C4(CCC4)CC5=O)c23)C1. The van der Waals surface area contributed by atoms with Crippen LogP contribution in [0, 0.1) is 5.92 Å². The van der Waals surface area contributed by atoms with E-state index in [1.54, 1.807) is 41.0 Å². The van der Waals surface area contributed by atoms with Crippen molar-refractivity contribution in [1.82, 2.24) is 19.4 Å². The summed E-state index contributed by atoms with van der Waals surface area (Å²) in [5.74, 6) is 0.608. The van der Waals surface area contributed by atoms with E-state index in [-0.39, 0.29) is 23.2 Å². The van der Waals surface area contributed by atoms with Crippen LogP contribution < -0.4 is 10.9 Å². The predicted molar refractivity (Wildman–Crippen MR) is 131 cm³/mol. The summed E-state index contributed by atoms with van der Waals surface area (Å²) in [5, 5.41) is 4.41. The zero-order valence-corrected chi connectivity index (χ0v) is 20.6. The molecule has 1 fully saturated rings. The molecule has 34 heavy (non-hydrogen) atoms. The Hall–Kier alpha value is -2.78. The van der Waals surface area contributed by atoms with Crippen LogP contribution in [0.2, 0.25) is 5.02 Å². The maximum Gasteiger partial charge on any atom is 0.275 e. The van der Waals surface area contributed by atoms with Crippen LogP contribution in [0.5, 0.6) is 0 Å². The maximum absolute atomic E-state index is 13.5. The topological polar surface area (TPSA) is 97.2 Å². The molecular weight excluding hydrogens is 474 g/mol. The Morgan fingerprint density at radius 3 is 2.79 bits per heavy atom. The van der Waals surface area contributed by atoms with Gasteiger partial charge in [-0.25, -0.2) is 9.97 Å². The summed E-state index contributed by atoms with van der Waals surface area (Å²) in [6, 6.07) is 1.55. The summed E-state index contributed by atoms with van der Waals surface area (Å²) in [6.45, 7) is 0. The van der Waals surface area contributed by atoms with Crippen molar-refractivity contribution < 1.29 is 9.59 Å². The zero-order chi connectivity index (χ0) is 23.8. The monoisotopic (exact) mass is 497 g/mol. The van der Waals surface area contributed by atoms with Crippen molar-refractivity contribution in [2.24, 2.45) is 5.92 Å². The highest BCUT2D eigenvalue weighted by molar-refractivity contribution is 7.19. The Morgan fingerprint density at radius 2 is 2.09 bits per heavy atom. The van der Waals surface area contributed by atoms with Gasteiger partial charge in [-0.05, 0) is 50.2 Å². The van der Waals surface area contributed by atoms with Crippen LogP contribution in [-0.2, 0) is 23.2 Å². The quantitative estimate of drug-likeness (QED) is 0.589. The molecular formula is C24H24ClN5O3S. The largest absolute Gasteiger partial charge is 0.349 e. The molecule has 1 atom stereocenters. The second-order valence-electron chi connectivity index (χ2n) is 9.78. The van der Waals surface area contributed by atoms with Gasteiger partial charge in [-0.15, -0.1) is 11.3 Å². The van der Waals surface area contributed by atoms with Gasteiger partial charge in [0.1, 0.15) is 28.4 Å². The molecule has 2 aliphatic carbocycles. The molecule has 1 N–H and O–H groups in total. The molecule has 0 saturated heterocycles. The van der Waals surface area contributed by atoms with Crippen molar-refractivity contribution in [1.29, 1.82) is 0 Å². The van der Waals surface area contributed by atoms with Crippen LogP contribution in [0.3, 0.4) is 0 Å². The van der Waals surface area contributed by atoms with E-state index in [1.807, 2.05) is 0 Å². The minimum absolute atomic E-state index is 0.0312. The second-order valence-corrected chi connectivity index (χ2v) is 11.3. The number of fused-ring (bicyclic) bond motifs is 5. The van der Waals surface area contributed by atoms with E-state index in [9.17, 15) is 14.4 Å². The Kier molecular flexibility index (Phi) is 4.87. The third-order valence-corrected chi connectivity index (χ3v) is 9.01. The van der Waals surface area contributed by atoms with Gasteiger partial charge < -0.3 is 10.2 Å². The molecule has 10 heteroatoms. The molecule has 1 aliphatic heterocycles. The Morgan fingerprint density at radius 1 is 1.29 bits per heavy atom. The lowest BCUT2D eigenvalue weighted by Gasteiger charge is -2.39. The molecule has 1 spiro atoms. The Labute approximate surface area is 205 Å². The molecule has 1 amide bonds. The molecule has 8 nitrogen and oxygen atoms in total. The van der Waals surface area contributed by atoms with Gasteiger partial charge in [-0.3, -0.25) is 19.0 Å². The van der Waals surface area contributed by atoms with Crippen molar-refractivity contribution in [2.75, 3.05) is 19.4 Å². The standard InChI is InChI=1S/C24H24ClN5O3S/c1-29(2)22(32)12-4-5-13-17(8-12)34-21-18(13)20(26-11-27-21)28-15-9-14(25)19-16(31)10-24(6-3-7-24)30(19)23(15)33/h9,11-12H,3-8,10H2,1-2H3,(H,26,27,28)/t12-/m0/s1. The minimum Gasteiger partial charge on any atom is -0.349 e. The molecule has 0 aromatic carbocycles. The summed E-state index contributed by atoms with van der Waals surface area (Å²) in [4.78, 5) is 51.2. The number of aryl methyl sites for hydroxylation is 1. The highest BCUT2D eigenvalue weighted by atomic mass is 35.5. The van der Waals surface area contributed by atoms with Gasteiger partial charge in [0.05, 0.1) is 15.9 Å². The first kappa shape index (κ1) is 21.7. The Balaban J connectivity index is 1.41. The second kappa shape index (κ2) is 7.61. The van der Waals surface area contributed by atoms with Crippen molar-refractivity contribution in [2.45, 2.75) is 50.5 Å². The van der Waals surface area contributed by atoms with Crippen molar-refractivity contribution in [3.8, 4) is 0 Å². The summed E-state index contributed by atoms with van der Waals surface area (Å²) in [5.41, 5.74) is 1.11. The van der Waals surface area contributed by atoms with E-state index in [2.05, 4.69) is 15.3 Å². The lowest BCUT2D eigenvalue weighted by molar-refractivity contribution is -0.133. The highest BCUT2D eigenvalue weighted by Crippen LogP contribution is 2.48. The number of pyridine rings is 1. The van der Waals surface area contributed by atoms with Crippen LogP contribution >= 0.6 is 22.9 Å². The number of carbonyl (C=O) groups excluding carboxylic acids is 2. The van der Waals surface area contributed by atoms with Crippen molar-refractivity contribution >= 4 is 56.4 Å². The van der Waals surface area contributed by atoms with E-state index in [0.29, 0.717) is 35.1 Å². The molecule has 4 heterocycles. The molecule has 3 aliphatic rings. The number of hydrogen-bond donors (Lipinski definition) is 1. The van der Waals surface area contributed by atoms with Gasteiger partial charge in [-0.1, -0.05) is 11.6 Å². The summed E-state index contributed by atoms with van der Waals surface area (Å²) in [7, 11) is 3.58. The number of hydrogen-bond acceptors (Lipinski definition) is 7. The first-order valence-corrected chi connectivity index (χ1v) is 12.7. The van der Waals surface area contributed by atoms with Crippen LogP contribution in [0.25, 0.3) is 10.2 Å². The summed E-state index contributed by atoms with van der Waals surface area (Å²) in [6.07, 6.45) is 6.66. The van der Waals surface area contributed by atoms with Gasteiger partial charge in [0.2, 0.25) is 5.91 Å². The molecule has 1 saturated carbocycles. The van der Waals surface area contributed by atoms with E-state index < -0.39 is 5.54 Å². The lowest BCUT2D eigenvalue weighted by Crippen LogP contribution is -2.44. The van der Waals surface area contributed by atoms with E-state index in [0.717, 1.165) is 52.8 Å². The van der Waals surface area contributed by atoms with Gasteiger partial charge in [0, 0.05) is 31.3 Å². The minimum atomic E-state index is -0.429. The molecule has 0 radical (unpaired) electrons. The average molecular weight is 498 g/mol. The number of rotatable bonds is 3. The Bertz CT molecular complexity index is 1440. The van der Waals surface area contributed by atoms with Gasteiger partial charge in [0.25, 0.3) is 5.56 Å².